The smallest absolute Gasteiger partial charge is 0.264 e. The largest absolute Gasteiger partial charge is 0.357 e. The summed E-state index contributed by atoms with van der Waals surface area (Å²) in [6.45, 7) is 3.26. The number of nitrogens with one attached hydrogen (secondary N) is 1. The third-order valence-electron chi connectivity index (χ3n) is 5.87. The third-order valence-corrected chi connectivity index (χ3v) is 7.91. The summed E-state index contributed by atoms with van der Waals surface area (Å²) in [6, 6.07) is 21.5. The minimum Gasteiger partial charge on any atom is -0.357 e. The molecule has 36 heavy (non-hydrogen) atoms. The minimum absolute atomic E-state index is 0.0105. The minimum atomic E-state index is -4.11. The van der Waals surface area contributed by atoms with E-state index in [1.807, 2.05) is 43.3 Å². The quantitative estimate of drug-likeness (QED) is 0.431. The maximum Gasteiger partial charge on any atom is 0.264 e. The van der Waals surface area contributed by atoms with Crippen molar-refractivity contribution in [3.8, 4) is 0 Å². The number of likely N-dealkylation sites (N-methyl/N-ethyl adjacent to an activating group) is 1. The van der Waals surface area contributed by atoms with Crippen LogP contribution in [0.4, 0.5) is 5.69 Å². The molecule has 0 saturated carbocycles. The fraction of sp³-hybridized carbons (Fsp3) is 0.259. The standard InChI is InChI=1S/C27H30ClN3O4S/c1-20-8-7-11-24(18-20)31(36(34,35)25-14-12-23(28)13-15-25)19-26(32)30(21(2)27(33)29-3)17-16-22-9-5-4-6-10-22/h4-15,18,21H,16-17,19H2,1-3H3,(H,29,33). The number of amides is 2. The topological polar surface area (TPSA) is 86.8 Å². The molecule has 0 radical (unpaired) electrons. The van der Waals surface area contributed by atoms with E-state index >= 15 is 0 Å². The fourth-order valence-electron chi connectivity index (χ4n) is 3.82. The lowest BCUT2D eigenvalue weighted by atomic mass is 10.1. The van der Waals surface area contributed by atoms with Crippen LogP contribution >= 0.6 is 11.6 Å². The predicted molar refractivity (Wildman–Crippen MR) is 143 cm³/mol. The van der Waals surface area contributed by atoms with Crippen LogP contribution in [0.15, 0.2) is 83.8 Å². The molecular weight excluding hydrogens is 498 g/mol. The third kappa shape index (κ3) is 6.65. The van der Waals surface area contributed by atoms with E-state index in [-0.39, 0.29) is 17.3 Å². The lowest BCUT2D eigenvalue weighted by Crippen LogP contribution is -2.51. The molecule has 0 heterocycles. The van der Waals surface area contributed by atoms with Gasteiger partial charge in [0.25, 0.3) is 10.0 Å². The number of rotatable bonds is 10. The Bertz CT molecular complexity index is 1300. The molecule has 0 aliphatic rings. The van der Waals surface area contributed by atoms with Crippen LogP contribution in [0.3, 0.4) is 0 Å². The molecule has 0 saturated heterocycles. The Hall–Kier alpha value is -3.36. The molecule has 0 fully saturated rings. The van der Waals surface area contributed by atoms with E-state index in [9.17, 15) is 18.0 Å². The summed E-state index contributed by atoms with van der Waals surface area (Å²) >= 11 is 5.96. The van der Waals surface area contributed by atoms with E-state index in [2.05, 4.69) is 5.32 Å². The van der Waals surface area contributed by atoms with Crippen LogP contribution in [-0.2, 0) is 26.0 Å². The van der Waals surface area contributed by atoms with Crippen molar-refractivity contribution in [1.82, 2.24) is 10.2 Å². The van der Waals surface area contributed by atoms with E-state index in [1.165, 1.54) is 36.2 Å². The van der Waals surface area contributed by atoms with Gasteiger partial charge in [-0.05, 0) is 67.8 Å². The van der Waals surface area contributed by atoms with Gasteiger partial charge in [-0.25, -0.2) is 8.42 Å². The van der Waals surface area contributed by atoms with E-state index in [0.29, 0.717) is 17.1 Å². The van der Waals surface area contributed by atoms with Crippen molar-refractivity contribution in [3.63, 3.8) is 0 Å². The Morgan fingerprint density at radius 2 is 1.64 bits per heavy atom. The highest BCUT2D eigenvalue weighted by molar-refractivity contribution is 7.92. The maximum atomic E-state index is 13.7. The average molecular weight is 528 g/mol. The Labute approximate surface area is 217 Å². The van der Waals surface area contributed by atoms with E-state index in [4.69, 9.17) is 11.6 Å². The number of hydrogen-bond donors (Lipinski definition) is 1. The number of aryl methyl sites for hydroxylation is 1. The van der Waals surface area contributed by atoms with Crippen molar-refractivity contribution >= 4 is 39.1 Å². The van der Waals surface area contributed by atoms with Crippen molar-refractivity contribution in [3.05, 3.63) is 95.0 Å². The summed E-state index contributed by atoms with van der Waals surface area (Å²) < 4.78 is 28.5. The molecule has 190 valence electrons. The van der Waals surface area contributed by atoms with Gasteiger partial charge < -0.3 is 10.2 Å². The monoisotopic (exact) mass is 527 g/mol. The molecule has 0 aromatic heterocycles. The maximum absolute atomic E-state index is 13.7. The first-order chi connectivity index (χ1) is 17.1. The van der Waals surface area contributed by atoms with Crippen molar-refractivity contribution in [1.29, 1.82) is 0 Å². The fourth-order valence-corrected chi connectivity index (χ4v) is 5.36. The highest BCUT2D eigenvalue weighted by atomic mass is 35.5. The molecule has 1 N–H and O–H groups in total. The summed E-state index contributed by atoms with van der Waals surface area (Å²) in [4.78, 5) is 27.5. The number of halogens is 1. The Balaban J connectivity index is 1.97. The molecule has 9 heteroatoms. The van der Waals surface area contributed by atoms with Gasteiger partial charge in [0.1, 0.15) is 12.6 Å². The van der Waals surface area contributed by atoms with Crippen LogP contribution in [0.2, 0.25) is 5.02 Å². The highest BCUT2D eigenvalue weighted by Crippen LogP contribution is 2.26. The van der Waals surface area contributed by atoms with E-state index in [0.717, 1.165) is 15.4 Å². The second kappa shape index (κ2) is 12.1. The first-order valence-electron chi connectivity index (χ1n) is 11.5. The number of nitrogens with zero attached hydrogens (tertiary/aromatic N) is 2. The summed E-state index contributed by atoms with van der Waals surface area (Å²) in [5.41, 5.74) is 2.20. The van der Waals surface area contributed by atoms with Crippen molar-refractivity contribution in [2.75, 3.05) is 24.4 Å². The summed E-state index contributed by atoms with van der Waals surface area (Å²) in [5.74, 6) is -0.819. The number of carbonyl (C=O) groups excluding carboxylic acids is 2. The molecule has 7 nitrogen and oxygen atoms in total. The first kappa shape index (κ1) is 27.2. The van der Waals surface area contributed by atoms with Gasteiger partial charge in [0, 0.05) is 18.6 Å². The lowest BCUT2D eigenvalue weighted by Gasteiger charge is -2.31. The molecule has 1 atom stereocenters. The molecule has 1 unspecified atom stereocenters. The Morgan fingerprint density at radius 1 is 0.972 bits per heavy atom. The Morgan fingerprint density at radius 3 is 2.25 bits per heavy atom. The second-order valence-electron chi connectivity index (χ2n) is 8.42. The van der Waals surface area contributed by atoms with E-state index in [1.54, 1.807) is 25.1 Å². The molecule has 3 rings (SSSR count). The average Bonchev–Trinajstić information content (AvgIpc) is 2.87. The zero-order valence-electron chi connectivity index (χ0n) is 20.5. The van der Waals surface area contributed by atoms with Crippen LogP contribution in [0.5, 0.6) is 0 Å². The Kier molecular flexibility index (Phi) is 9.12. The molecule has 0 aliphatic carbocycles. The number of hydrogen-bond acceptors (Lipinski definition) is 4. The molecule has 3 aromatic rings. The van der Waals surface area contributed by atoms with Gasteiger partial charge in [0.05, 0.1) is 10.6 Å². The zero-order valence-corrected chi connectivity index (χ0v) is 22.1. The van der Waals surface area contributed by atoms with Crippen LogP contribution in [0, 0.1) is 6.92 Å². The highest BCUT2D eigenvalue weighted by Gasteiger charge is 2.32. The van der Waals surface area contributed by atoms with Gasteiger partial charge in [0.2, 0.25) is 11.8 Å². The molecule has 2 amide bonds. The molecular formula is C27H30ClN3O4S. The van der Waals surface area contributed by atoms with Gasteiger partial charge in [-0.3, -0.25) is 13.9 Å². The van der Waals surface area contributed by atoms with Crippen LogP contribution in [0.1, 0.15) is 18.1 Å². The van der Waals surface area contributed by atoms with Gasteiger partial charge in [-0.15, -0.1) is 0 Å². The zero-order chi connectivity index (χ0) is 26.3. The number of benzene rings is 3. The van der Waals surface area contributed by atoms with Gasteiger partial charge >= 0.3 is 0 Å². The summed E-state index contributed by atoms with van der Waals surface area (Å²) in [6.07, 6.45) is 0.516. The molecule has 0 spiro atoms. The molecule has 3 aromatic carbocycles. The first-order valence-corrected chi connectivity index (χ1v) is 13.3. The van der Waals surface area contributed by atoms with Gasteiger partial charge in [-0.1, -0.05) is 54.1 Å². The van der Waals surface area contributed by atoms with Gasteiger partial charge in [0.15, 0.2) is 0 Å². The van der Waals surface area contributed by atoms with Crippen molar-refractivity contribution in [2.24, 2.45) is 0 Å². The normalized spacial score (nSPS) is 12.0. The molecule has 0 aliphatic heterocycles. The number of carbonyl (C=O) groups is 2. The number of sulfonamides is 1. The van der Waals surface area contributed by atoms with Crippen molar-refractivity contribution < 1.29 is 18.0 Å². The van der Waals surface area contributed by atoms with Crippen LogP contribution in [0.25, 0.3) is 0 Å². The van der Waals surface area contributed by atoms with Crippen molar-refractivity contribution in [2.45, 2.75) is 31.2 Å². The number of anilines is 1. The van der Waals surface area contributed by atoms with Gasteiger partial charge in [-0.2, -0.15) is 0 Å². The summed E-state index contributed by atoms with van der Waals surface area (Å²) in [5, 5.41) is 2.98. The predicted octanol–water partition coefficient (Wildman–Crippen LogP) is 4.05. The second-order valence-corrected chi connectivity index (χ2v) is 10.7. The van der Waals surface area contributed by atoms with Crippen LogP contribution < -0.4 is 9.62 Å². The molecule has 0 bridgehead atoms. The SMILES string of the molecule is CNC(=O)C(C)N(CCc1ccccc1)C(=O)CN(c1cccc(C)c1)S(=O)(=O)c1ccc(Cl)cc1. The van der Waals surface area contributed by atoms with E-state index < -0.39 is 28.5 Å². The lowest BCUT2D eigenvalue weighted by molar-refractivity contribution is -0.138. The summed E-state index contributed by atoms with van der Waals surface area (Å²) in [7, 11) is -2.61. The van der Waals surface area contributed by atoms with Crippen LogP contribution in [-0.4, -0.2) is 51.3 Å².